The highest BCUT2D eigenvalue weighted by molar-refractivity contribution is 6.30. The molecule has 1 saturated heterocycles. The van der Waals surface area contributed by atoms with E-state index in [1.165, 1.54) is 0 Å². The minimum absolute atomic E-state index is 0. The Morgan fingerprint density at radius 2 is 1.92 bits per heavy atom. The first-order chi connectivity index (χ1) is 11.5. The first-order valence-electron chi connectivity index (χ1n) is 8.61. The summed E-state index contributed by atoms with van der Waals surface area (Å²) in [6.45, 7) is 2.16. The van der Waals surface area contributed by atoms with Gasteiger partial charge in [-0.05, 0) is 55.4 Å². The van der Waals surface area contributed by atoms with Gasteiger partial charge in [-0.3, -0.25) is 9.59 Å². The van der Waals surface area contributed by atoms with Gasteiger partial charge in [-0.1, -0.05) is 11.6 Å². The van der Waals surface area contributed by atoms with Crippen LogP contribution in [0.5, 0.6) is 0 Å². The van der Waals surface area contributed by atoms with Crippen LogP contribution in [0.3, 0.4) is 0 Å². The fourth-order valence-electron chi connectivity index (χ4n) is 3.81. The smallest absolute Gasteiger partial charge is 0.251 e. The maximum atomic E-state index is 12.3. The number of carbonyl (C=O) groups excluding carboxylic acids is 2. The van der Waals surface area contributed by atoms with E-state index < -0.39 is 0 Å². The molecule has 0 radical (unpaired) electrons. The molecule has 0 aromatic heterocycles. The highest BCUT2D eigenvalue weighted by Gasteiger charge is 2.42. The Labute approximate surface area is 159 Å². The molecule has 25 heavy (non-hydrogen) atoms. The van der Waals surface area contributed by atoms with E-state index in [2.05, 4.69) is 5.32 Å². The molecule has 7 heteroatoms. The third kappa shape index (κ3) is 4.87. The number of hydrogen-bond acceptors (Lipinski definition) is 3. The van der Waals surface area contributed by atoms with Crippen molar-refractivity contribution in [1.82, 2.24) is 10.2 Å². The van der Waals surface area contributed by atoms with Gasteiger partial charge in [0, 0.05) is 42.7 Å². The Bertz CT molecular complexity index is 609. The van der Waals surface area contributed by atoms with Crippen molar-refractivity contribution >= 4 is 35.8 Å². The number of halogens is 2. The number of rotatable bonds is 5. The molecule has 2 aliphatic rings. The van der Waals surface area contributed by atoms with Crippen LogP contribution in [-0.2, 0) is 4.79 Å². The molecule has 138 valence electrons. The number of likely N-dealkylation sites (tertiary alicyclic amines) is 1. The number of amides is 2. The highest BCUT2D eigenvalue weighted by atomic mass is 35.5. The zero-order valence-corrected chi connectivity index (χ0v) is 15.7. The monoisotopic (exact) mass is 385 g/mol. The van der Waals surface area contributed by atoms with Crippen LogP contribution < -0.4 is 11.1 Å². The van der Waals surface area contributed by atoms with E-state index in [9.17, 15) is 9.59 Å². The molecule has 2 fully saturated rings. The van der Waals surface area contributed by atoms with E-state index >= 15 is 0 Å². The molecule has 1 saturated carbocycles. The van der Waals surface area contributed by atoms with Gasteiger partial charge >= 0.3 is 0 Å². The normalized spacial score (nSPS) is 24.6. The summed E-state index contributed by atoms with van der Waals surface area (Å²) >= 11 is 5.80. The Hall–Kier alpha value is -1.30. The highest BCUT2D eigenvalue weighted by Crippen LogP contribution is 2.37. The van der Waals surface area contributed by atoms with E-state index in [0.29, 0.717) is 41.8 Å². The van der Waals surface area contributed by atoms with Crippen molar-refractivity contribution < 1.29 is 9.59 Å². The predicted octanol–water partition coefficient (Wildman–Crippen LogP) is 2.47. The van der Waals surface area contributed by atoms with Crippen molar-refractivity contribution in [2.75, 3.05) is 19.6 Å². The Balaban J connectivity index is 0.00000225. The van der Waals surface area contributed by atoms with Gasteiger partial charge in [0.05, 0.1) is 0 Å². The second-order valence-corrected chi connectivity index (χ2v) is 7.27. The van der Waals surface area contributed by atoms with Gasteiger partial charge in [0.15, 0.2) is 0 Å². The van der Waals surface area contributed by atoms with Crippen LogP contribution in [0, 0.1) is 11.8 Å². The summed E-state index contributed by atoms with van der Waals surface area (Å²) in [5.74, 6) is 1.12. The van der Waals surface area contributed by atoms with Gasteiger partial charge in [0.1, 0.15) is 0 Å². The standard InChI is InChI=1S/C18H24ClN3O2.ClH/c19-14-6-3-12(4-7-14)18(24)21-9-1-2-17(23)22-10-13-5-8-16(20)15(13)11-22;/h3-4,6-7,13,15-16H,1-2,5,8-11,20H2,(H,21,24);1H. The predicted molar refractivity (Wildman–Crippen MR) is 101 cm³/mol. The molecule has 3 unspecified atom stereocenters. The molecular formula is C18H25Cl2N3O2. The van der Waals surface area contributed by atoms with Gasteiger partial charge in [0.2, 0.25) is 5.91 Å². The fourth-order valence-corrected chi connectivity index (χ4v) is 3.94. The Morgan fingerprint density at radius 3 is 2.60 bits per heavy atom. The van der Waals surface area contributed by atoms with Crippen molar-refractivity contribution in [3.63, 3.8) is 0 Å². The molecule has 3 rings (SSSR count). The third-order valence-electron chi connectivity index (χ3n) is 5.22. The lowest BCUT2D eigenvalue weighted by Crippen LogP contribution is -2.34. The van der Waals surface area contributed by atoms with Crippen LogP contribution in [0.15, 0.2) is 24.3 Å². The number of carbonyl (C=O) groups is 2. The maximum Gasteiger partial charge on any atom is 0.251 e. The van der Waals surface area contributed by atoms with E-state index in [0.717, 1.165) is 25.9 Å². The first-order valence-corrected chi connectivity index (χ1v) is 8.99. The van der Waals surface area contributed by atoms with Gasteiger partial charge in [-0.15, -0.1) is 12.4 Å². The molecule has 1 aromatic carbocycles. The van der Waals surface area contributed by atoms with Gasteiger partial charge < -0.3 is 16.0 Å². The lowest BCUT2D eigenvalue weighted by Gasteiger charge is -2.18. The molecule has 5 nitrogen and oxygen atoms in total. The SMILES string of the molecule is Cl.NC1CCC2CN(C(=O)CCCNC(=O)c3ccc(Cl)cc3)CC12. The summed E-state index contributed by atoms with van der Waals surface area (Å²) in [4.78, 5) is 26.2. The summed E-state index contributed by atoms with van der Waals surface area (Å²) < 4.78 is 0. The summed E-state index contributed by atoms with van der Waals surface area (Å²) in [7, 11) is 0. The van der Waals surface area contributed by atoms with Crippen molar-refractivity contribution in [2.45, 2.75) is 31.7 Å². The summed E-state index contributed by atoms with van der Waals surface area (Å²) in [6.07, 6.45) is 3.35. The van der Waals surface area contributed by atoms with Crippen LogP contribution in [0.4, 0.5) is 0 Å². The molecule has 0 spiro atoms. The van der Waals surface area contributed by atoms with E-state index in [-0.39, 0.29) is 30.3 Å². The molecule has 3 N–H and O–H groups in total. The number of fused-ring (bicyclic) bond motifs is 1. The van der Waals surface area contributed by atoms with Crippen LogP contribution in [0.2, 0.25) is 5.02 Å². The summed E-state index contributed by atoms with van der Waals surface area (Å²) in [5.41, 5.74) is 6.68. The number of nitrogens with one attached hydrogen (secondary N) is 1. The van der Waals surface area contributed by atoms with Crippen molar-refractivity contribution in [3.05, 3.63) is 34.9 Å². The second kappa shape index (κ2) is 8.88. The van der Waals surface area contributed by atoms with Crippen molar-refractivity contribution in [1.29, 1.82) is 0 Å². The molecule has 0 bridgehead atoms. The minimum atomic E-state index is -0.138. The molecule has 1 aliphatic carbocycles. The van der Waals surface area contributed by atoms with Gasteiger partial charge in [-0.2, -0.15) is 0 Å². The lowest BCUT2D eigenvalue weighted by atomic mass is 9.98. The minimum Gasteiger partial charge on any atom is -0.352 e. The van der Waals surface area contributed by atoms with E-state index in [1.807, 2.05) is 4.90 Å². The maximum absolute atomic E-state index is 12.3. The summed E-state index contributed by atoms with van der Waals surface area (Å²) in [6, 6.07) is 7.01. The number of nitrogens with two attached hydrogens (primary N) is 1. The zero-order valence-electron chi connectivity index (χ0n) is 14.1. The van der Waals surface area contributed by atoms with Crippen LogP contribution >= 0.6 is 24.0 Å². The van der Waals surface area contributed by atoms with E-state index in [4.69, 9.17) is 17.3 Å². The fraction of sp³-hybridized carbons (Fsp3) is 0.556. The van der Waals surface area contributed by atoms with Crippen LogP contribution in [0.1, 0.15) is 36.0 Å². The second-order valence-electron chi connectivity index (χ2n) is 6.83. The third-order valence-corrected chi connectivity index (χ3v) is 5.48. The lowest BCUT2D eigenvalue weighted by molar-refractivity contribution is -0.130. The van der Waals surface area contributed by atoms with Crippen LogP contribution in [0.25, 0.3) is 0 Å². The van der Waals surface area contributed by atoms with Crippen molar-refractivity contribution in [3.8, 4) is 0 Å². The molecule has 1 heterocycles. The average molecular weight is 386 g/mol. The van der Waals surface area contributed by atoms with E-state index in [1.54, 1.807) is 24.3 Å². The Morgan fingerprint density at radius 1 is 1.20 bits per heavy atom. The van der Waals surface area contributed by atoms with Crippen LogP contribution in [-0.4, -0.2) is 42.4 Å². The zero-order chi connectivity index (χ0) is 17.1. The van der Waals surface area contributed by atoms with Gasteiger partial charge in [0.25, 0.3) is 5.91 Å². The Kier molecular flexibility index (Phi) is 7.11. The summed E-state index contributed by atoms with van der Waals surface area (Å²) in [5, 5.41) is 3.44. The quantitative estimate of drug-likeness (QED) is 0.764. The van der Waals surface area contributed by atoms with Crippen molar-refractivity contribution in [2.24, 2.45) is 17.6 Å². The molecule has 3 atom stereocenters. The van der Waals surface area contributed by atoms with Gasteiger partial charge in [-0.25, -0.2) is 0 Å². The molecular weight excluding hydrogens is 361 g/mol. The average Bonchev–Trinajstić information content (AvgIpc) is 3.14. The molecule has 1 aliphatic heterocycles. The largest absolute Gasteiger partial charge is 0.352 e. The topological polar surface area (TPSA) is 75.4 Å². The number of benzene rings is 1. The molecule has 2 amide bonds. The number of nitrogens with zero attached hydrogens (tertiary/aromatic N) is 1. The molecule has 1 aromatic rings. The first kappa shape index (κ1) is 20.0. The number of hydrogen-bond donors (Lipinski definition) is 2.